The molecule has 0 radical (unpaired) electrons. The number of aromatic amines is 1. The highest BCUT2D eigenvalue weighted by Crippen LogP contribution is 2.20. The van der Waals surface area contributed by atoms with Crippen LogP contribution in [0.4, 0.5) is 0 Å². The number of aromatic nitrogens is 3. The number of carbonyl (C=O) groups excluding carboxylic acids is 1. The second kappa shape index (κ2) is 9.45. The van der Waals surface area contributed by atoms with E-state index in [1.807, 2.05) is 13.0 Å². The number of hydrogen-bond donors (Lipinski definition) is 2. The summed E-state index contributed by atoms with van der Waals surface area (Å²) in [4.78, 5) is 32.9. The molecule has 1 aliphatic rings. The molecule has 2 aromatic heterocycles. The average Bonchev–Trinajstić information content (AvgIpc) is 3.04. The van der Waals surface area contributed by atoms with Gasteiger partial charge in [0.25, 0.3) is 5.56 Å². The van der Waals surface area contributed by atoms with Crippen LogP contribution in [0.5, 0.6) is 0 Å². The summed E-state index contributed by atoms with van der Waals surface area (Å²) >= 11 is 1.33. The Balaban J connectivity index is 1.64. The Kier molecular flexibility index (Phi) is 6.99. The topological polar surface area (TPSA) is 79.8 Å². The molecule has 152 valence electrons. The Morgan fingerprint density at radius 1 is 1.39 bits per heavy atom. The average molecular weight is 403 g/mol. The van der Waals surface area contributed by atoms with E-state index >= 15 is 0 Å². The smallest absolute Gasteiger partial charge is 0.278 e. The van der Waals surface area contributed by atoms with Crippen molar-refractivity contribution in [1.82, 2.24) is 19.9 Å². The molecular formula is C21H30N4O2S. The molecule has 0 spiro atoms. The number of amides is 1. The van der Waals surface area contributed by atoms with Crippen molar-refractivity contribution >= 4 is 28.7 Å². The molecule has 0 saturated carbocycles. The summed E-state index contributed by atoms with van der Waals surface area (Å²) in [6.45, 7) is 7.30. The molecule has 0 fully saturated rings. The zero-order valence-electron chi connectivity index (χ0n) is 17.0. The van der Waals surface area contributed by atoms with Gasteiger partial charge in [0.1, 0.15) is 5.52 Å². The molecule has 0 aliphatic heterocycles. The van der Waals surface area contributed by atoms with Crippen molar-refractivity contribution in [2.24, 2.45) is 5.92 Å². The molecule has 2 N–H and O–H groups in total. The van der Waals surface area contributed by atoms with Crippen molar-refractivity contribution in [3.8, 4) is 0 Å². The maximum Gasteiger partial charge on any atom is 0.278 e. The predicted molar refractivity (Wildman–Crippen MR) is 115 cm³/mol. The molecule has 0 atom stereocenters. The van der Waals surface area contributed by atoms with Crippen LogP contribution in [0.1, 0.15) is 51.6 Å². The van der Waals surface area contributed by atoms with Crippen molar-refractivity contribution in [2.45, 2.75) is 64.6 Å². The summed E-state index contributed by atoms with van der Waals surface area (Å²) in [6, 6.07) is 1.87. The number of nitrogens with zero attached hydrogens (tertiary/aromatic N) is 2. The van der Waals surface area contributed by atoms with Gasteiger partial charge in [-0.15, -0.1) is 0 Å². The van der Waals surface area contributed by atoms with Crippen molar-refractivity contribution in [1.29, 1.82) is 0 Å². The van der Waals surface area contributed by atoms with E-state index in [4.69, 9.17) is 0 Å². The van der Waals surface area contributed by atoms with Gasteiger partial charge in [-0.25, -0.2) is 4.98 Å². The van der Waals surface area contributed by atoms with Crippen LogP contribution < -0.4 is 10.9 Å². The third-order valence-corrected chi connectivity index (χ3v) is 5.85. The van der Waals surface area contributed by atoms with E-state index in [9.17, 15) is 9.59 Å². The van der Waals surface area contributed by atoms with Crippen LogP contribution in [0, 0.1) is 12.8 Å². The monoisotopic (exact) mass is 402 g/mol. The Morgan fingerprint density at radius 2 is 2.21 bits per heavy atom. The van der Waals surface area contributed by atoms with Crippen molar-refractivity contribution < 1.29 is 4.79 Å². The van der Waals surface area contributed by atoms with E-state index < -0.39 is 0 Å². The first-order valence-electron chi connectivity index (χ1n) is 10.1. The second-order valence-corrected chi connectivity index (χ2v) is 8.86. The van der Waals surface area contributed by atoms with Gasteiger partial charge in [-0.3, -0.25) is 14.2 Å². The first-order chi connectivity index (χ1) is 13.4. The van der Waals surface area contributed by atoms with Crippen LogP contribution in [0.15, 0.2) is 27.7 Å². The molecule has 28 heavy (non-hydrogen) atoms. The fraction of sp³-hybridized carbons (Fsp3) is 0.571. The number of carbonyl (C=O) groups is 1. The molecule has 1 amide bonds. The van der Waals surface area contributed by atoms with E-state index in [1.54, 1.807) is 4.57 Å². The minimum absolute atomic E-state index is 0.0166. The van der Waals surface area contributed by atoms with Crippen LogP contribution in [-0.2, 0) is 11.3 Å². The molecule has 7 heteroatoms. The number of allylic oxidation sites excluding steroid dienone is 1. The van der Waals surface area contributed by atoms with Crippen LogP contribution in [0.25, 0.3) is 11.0 Å². The van der Waals surface area contributed by atoms with Gasteiger partial charge >= 0.3 is 0 Å². The third kappa shape index (κ3) is 5.28. The highest BCUT2D eigenvalue weighted by molar-refractivity contribution is 7.99. The van der Waals surface area contributed by atoms with Crippen molar-refractivity contribution in [3.05, 3.63) is 33.8 Å². The predicted octanol–water partition coefficient (Wildman–Crippen LogP) is 3.79. The number of fused-ring (bicyclic) bond motifs is 1. The van der Waals surface area contributed by atoms with Crippen molar-refractivity contribution in [3.63, 3.8) is 0 Å². The van der Waals surface area contributed by atoms with Gasteiger partial charge < -0.3 is 10.3 Å². The first kappa shape index (κ1) is 20.7. The summed E-state index contributed by atoms with van der Waals surface area (Å²) in [7, 11) is 0. The first-order valence-corrected chi connectivity index (χ1v) is 11.1. The molecule has 0 aromatic carbocycles. The molecule has 3 rings (SSSR count). The van der Waals surface area contributed by atoms with Gasteiger partial charge in [0.15, 0.2) is 5.16 Å². The van der Waals surface area contributed by atoms with Crippen LogP contribution in [-0.4, -0.2) is 32.7 Å². The van der Waals surface area contributed by atoms with Crippen LogP contribution in [0.3, 0.4) is 0 Å². The summed E-state index contributed by atoms with van der Waals surface area (Å²) in [5.74, 6) is 0.556. The zero-order valence-corrected chi connectivity index (χ0v) is 17.8. The maximum atomic E-state index is 12.9. The van der Waals surface area contributed by atoms with Gasteiger partial charge in [0, 0.05) is 18.8 Å². The third-order valence-electron chi connectivity index (χ3n) is 4.87. The van der Waals surface area contributed by atoms with E-state index in [2.05, 4.69) is 35.2 Å². The molecule has 0 saturated heterocycles. The standard InChI is InChI=1S/C21H30N4O2S/c1-14(2)12-25-20(27)19-17(11-15(3)23-19)24-21(25)28-13-18(26)22-10-9-16-7-5-4-6-8-16/h7,11,14,23H,4-6,8-10,12-13H2,1-3H3,(H,22,26). The minimum Gasteiger partial charge on any atom is -0.355 e. The molecule has 0 bridgehead atoms. The lowest BCUT2D eigenvalue weighted by Crippen LogP contribution is -2.28. The summed E-state index contributed by atoms with van der Waals surface area (Å²) in [6.07, 6.45) is 8.11. The Bertz CT molecular complexity index is 926. The zero-order chi connectivity index (χ0) is 20.1. The van der Waals surface area contributed by atoms with Gasteiger partial charge in [-0.1, -0.05) is 37.3 Å². The lowest BCUT2D eigenvalue weighted by molar-refractivity contribution is -0.118. The van der Waals surface area contributed by atoms with Gasteiger partial charge in [-0.2, -0.15) is 0 Å². The Labute approximate surface area is 170 Å². The highest BCUT2D eigenvalue weighted by Gasteiger charge is 2.15. The number of thioether (sulfide) groups is 1. The van der Waals surface area contributed by atoms with Gasteiger partial charge in [0.05, 0.1) is 11.3 Å². The Morgan fingerprint density at radius 3 is 2.93 bits per heavy atom. The normalized spacial score (nSPS) is 14.5. The molecule has 2 heterocycles. The number of nitrogens with one attached hydrogen (secondary N) is 2. The fourth-order valence-corrected chi connectivity index (χ4v) is 4.36. The Hall–Kier alpha value is -2.02. The van der Waals surface area contributed by atoms with Crippen LogP contribution >= 0.6 is 11.8 Å². The molecule has 0 unspecified atom stereocenters. The molecule has 1 aliphatic carbocycles. The number of rotatable bonds is 8. The highest BCUT2D eigenvalue weighted by atomic mass is 32.2. The summed E-state index contributed by atoms with van der Waals surface area (Å²) < 4.78 is 1.69. The minimum atomic E-state index is -0.0704. The quantitative estimate of drug-likeness (QED) is 0.400. The lowest BCUT2D eigenvalue weighted by atomic mass is 9.97. The molecule has 2 aromatic rings. The second-order valence-electron chi connectivity index (χ2n) is 7.91. The summed E-state index contributed by atoms with van der Waals surface area (Å²) in [5.41, 5.74) is 3.49. The van der Waals surface area contributed by atoms with Crippen LogP contribution in [0.2, 0.25) is 0 Å². The van der Waals surface area contributed by atoms with Gasteiger partial charge in [0.2, 0.25) is 5.91 Å². The summed E-state index contributed by atoms with van der Waals surface area (Å²) in [5, 5.41) is 3.60. The number of aryl methyl sites for hydroxylation is 1. The molecular weight excluding hydrogens is 372 g/mol. The van der Waals surface area contributed by atoms with E-state index in [0.29, 0.717) is 35.2 Å². The lowest BCUT2D eigenvalue weighted by Gasteiger charge is -2.14. The van der Waals surface area contributed by atoms with Gasteiger partial charge in [-0.05, 0) is 51.0 Å². The van der Waals surface area contributed by atoms with E-state index in [0.717, 1.165) is 18.5 Å². The largest absolute Gasteiger partial charge is 0.355 e. The molecule has 6 nitrogen and oxygen atoms in total. The number of H-pyrrole nitrogens is 1. The maximum absolute atomic E-state index is 12.9. The van der Waals surface area contributed by atoms with E-state index in [1.165, 1.54) is 36.6 Å². The SMILES string of the molecule is Cc1cc2nc(SCC(=O)NCCC3=CCCCC3)n(CC(C)C)c(=O)c2[nH]1. The fourth-order valence-electron chi connectivity index (χ4n) is 3.52. The number of hydrogen-bond acceptors (Lipinski definition) is 4. The van der Waals surface area contributed by atoms with Crippen molar-refractivity contribution in [2.75, 3.05) is 12.3 Å². The van der Waals surface area contributed by atoms with E-state index in [-0.39, 0.29) is 17.2 Å².